The van der Waals surface area contributed by atoms with Crippen LogP contribution < -0.4 is 5.73 Å². The first-order valence-corrected chi connectivity index (χ1v) is 5.45. The number of aryl methyl sites for hydroxylation is 1. The first-order chi connectivity index (χ1) is 8.25. The second kappa shape index (κ2) is 3.63. The van der Waals surface area contributed by atoms with Crippen molar-refractivity contribution in [1.82, 2.24) is 4.98 Å². The Labute approximate surface area is 98.9 Å². The SMILES string of the molecule is Cc1ccc2ccccc2c1-c1coc(N)n1. The molecule has 0 atom stereocenters. The molecule has 0 fully saturated rings. The van der Waals surface area contributed by atoms with Crippen LogP contribution in [0.5, 0.6) is 0 Å². The Hall–Kier alpha value is -2.29. The second-order valence-electron chi connectivity index (χ2n) is 4.05. The molecule has 3 heteroatoms. The average Bonchev–Trinajstić information content (AvgIpc) is 2.75. The molecule has 84 valence electrons. The predicted octanol–water partition coefficient (Wildman–Crippen LogP) is 3.39. The molecule has 0 amide bonds. The lowest BCUT2D eigenvalue weighted by Crippen LogP contribution is -1.88. The van der Waals surface area contributed by atoms with Crippen LogP contribution in [0.25, 0.3) is 22.0 Å². The van der Waals surface area contributed by atoms with Crippen molar-refractivity contribution in [3.63, 3.8) is 0 Å². The van der Waals surface area contributed by atoms with E-state index in [4.69, 9.17) is 10.2 Å². The van der Waals surface area contributed by atoms with E-state index < -0.39 is 0 Å². The Morgan fingerprint density at radius 3 is 2.71 bits per heavy atom. The van der Waals surface area contributed by atoms with E-state index in [1.54, 1.807) is 6.26 Å². The van der Waals surface area contributed by atoms with Crippen LogP contribution in [0, 0.1) is 6.92 Å². The number of benzene rings is 2. The minimum Gasteiger partial charge on any atom is -0.432 e. The maximum atomic E-state index is 5.53. The molecule has 0 bridgehead atoms. The summed E-state index contributed by atoms with van der Waals surface area (Å²) in [7, 11) is 0. The summed E-state index contributed by atoms with van der Waals surface area (Å²) < 4.78 is 5.09. The minimum absolute atomic E-state index is 0.201. The molecule has 0 spiro atoms. The van der Waals surface area contributed by atoms with Crippen molar-refractivity contribution in [1.29, 1.82) is 0 Å². The average molecular weight is 224 g/mol. The molecule has 0 saturated carbocycles. The fraction of sp³-hybridized carbons (Fsp3) is 0.0714. The molecule has 0 unspecified atom stereocenters. The predicted molar refractivity (Wildman–Crippen MR) is 68.6 cm³/mol. The van der Waals surface area contributed by atoms with E-state index in [-0.39, 0.29) is 6.01 Å². The zero-order valence-electron chi connectivity index (χ0n) is 9.47. The number of fused-ring (bicyclic) bond motifs is 1. The molecule has 3 aromatic rings. The van der Waals surface area contributed by atoms with Crippen molar-refractivity contribution in [2.45, 2.75) is 6.92 Å². The number of nitrogen functional groups attached to an aromatic ring is 1. The first kappa shape index (κ1) is 9.90. The highest BCUT2D eigenvalue weighted by Gasteiger charge is 2.10. The smallest absolute Gasteiger partial charge is 0.292 e. The van der Waals surface area contributed by atoms with Crippen molar-refractivity contribution in [2.24, 2.45) is 0 Å². The highest BCUT2D eigenvalue weighted by molar-refractivity contribution is 5.97. The van der Waals surface area contributed by atoms with Crippen LogP contribution >= 0.6 is 0 Å². The number of oxazole rings is 1. The van der Waals surface area contributed by atoms with Gasteiger partial charge in [0.2, 0.25) is 0 Å². The van der Waals surface area contributed by atoms with Gasteiger partial charge in [0.15, 0.2) is 0 Å². The zero-order valence-corrected chi connectivity index (χ0v) is 9.47. The lowest BCUT2D eigenvalue weighted by atomic mass is 9.98. The molecule has 0 aliphatic carbocycles. The van der Waals surface area contributed by atoms with Gasteiger partial charge in [-0.25, -0.2) is 0 Å². The van der Waals surface area contributed by atoms with Crippen LogP contribution in [-0.2, 0) is 0 Å². The van der Waals surface area contributed by atoms with Crippen LogP contribution in [0.2, 0.25) is 0 Å². The number of anilines is 1. The Kier molecular flexibility index (Phi) is 2.11. The van der Waals surface area contributed by atoms with Crippen LogP contribution in [-0.4, -0.2) is 4.98 Å². The maximum absolute atomic E-state index is 5.53. The van der Waals surface area contributed by atoms with Crippen LogP contribution in [0.4, 0.5) is 6.01 Å². The molecule has 0 aliphatic heterocycles. The van der Waals surface area contributed by atoms with Gasteiger partial charge < -0.3 is 10.2 Å². The van der Waals surface area contributed by atoms with Crippen LogP contribution in [0.1, 0.15) is 5.56 Å². The van der Waals surface area contributed by atoms with Gasteiger partial charge in [0.25, 0.3) is 6.01 Å². The molecule has 3 rings (SSSR count). The number of nitrogens with two attached hydrogens (primary N) is 1. The van der Waals surface area contributed by atoms with Gasteiger partial charge in [-0.2, -0.15) is 4.98 Å². The Bertz CT molecular complexity index is 686. The molecule has 0 radical (unpaired) electrons. The third-order valence-corrected chi connectivity index (χ3v) is 2.92. The normalized spacial score (nSPS) is 10.9. The van der Waals surface area contributed by atoms with Crippen molar-refractivity contribution in [2.75, 3.05) is 5.73 Å². The lowest BCUT2D eigenvalue weighted by Gasteiger charge is -2.07. The Balaban J connectivity index is 2.38. The number of aromatic nitrogens is 1. The summed E-state index contributed by atoms with van der Waals surface area (Å²) in [6.07, 6.45) is 1.60. The largest absolute Gasteiger partial charge is 0.432 e. The van der Waals surface area contributed by atoms with Crippen LogP contribution in [0.15, 0.2) is 47.1 Å². The summed E-state index contributed by atoms with van der Waals surface area (Å²) in [6, 6.07) is 12.6. The summed E-state index contributed by atoms with van der Waals surface area (Å²) in [5, 5.41) is 2.36. The third kappa shape index (κ3) is 1.56. The number of hydrogen-bond donors (Lipinski definition) is 1. The number of nitrogens with zero attached hydrogens (tertiary/aromatic N) is 1. The van der Waals surface area contributed by atoms with E-state index in [9.17, 15) is 0 Å². The van der Waals surface area contributed by atoms with E-state index in [1.165, 1.54) is 10.8 Å². The fourth-order valence-corrected chi connectivity index (χ4v) is 2.12. The molecule has 3 nitrogen and oxygen atoms in total. The van der Waals surface area contributed by atoms with Gasteiger partial charge in [0.1, 0.15) is 12.0 Å². The molecular formula is C14H12N2O. The first-order valence-electron chi connectivity index (χ1n) is 5.45. The van der Waals surface area contributed by atoms with Crippen molar-refractivity contribution in [3.8, 4) is 11.3 Å². The summed E-state index contributed by atoms with van der Waals surface area (Å²) >= 11 is 0. The molecule has 2 N–H and O–H groups in total. The van der Waals surface area contributed by atoms with E-state index >= 15 is 0 Å². The monoisotopic (exact) mass is 224 g/mol. The van der Waals surface area contributed by atoms with Gasteiger partial charge >= 0.3 is 0 Å². The standard InChI is InChI=1S/C14H12N2O/c1-9-6-7-10-4-2-3-5-11(10)13(9)12-8-17-14(15)16-12/h2-8H,1H3,(H2,15,16). The van der Waals surface area contributed by atoms with Gasteiger partial charge in [-0.1, -0.05) is 36.4 Å². The lowest BCUT2D eigenvalue weighted by molar-refractivity contribution is 0.581. The van der Waals surface area contributed by atoms with E-state index in [1.807, 2.05) is 12.1 Å². The Morgan fingerprint density at radius 2 is 1.94 bits per heavy atom. The van der Waals surface area contributed by atoms with Gasteiger partial charge in [-0.15, -0.1) is 0 Å². The maximum Gasteiger partial charge on any atom is 0.292 e. The Morgan fingerprint density at radius 1 is 1.12 bits per heavy atom. The summed E-state index contributed by atoms with van der Waals surface area (Å²) in [5.41, 5.74) is 8.57. The summed E-state index contributed by atoms with van der Waals surface area (Å²) in [6.45, 7) is 2.06. The molecule has 1 heterocycles. The highest BCUT2D eigenvalue weighted by atomic mass is 16.4. The molecule has 0 aliphatic rings. The van der Waals surface area contributed by atoms with E-state index in [0.29, 0.717) is 0 Å². The zero-order chi connectivity index (χ0) is 11.8. The van der Waals surface area contributed by atoms with Crippen molar-refractivity contribution < 1.29 is 4.42 Å². The van der Waals surface area contributed by atoms with E-state index in [2.05, 4.69) is 36.2 Å². The topological polar surface area (TPSA) is 52.0 Å². The van der Waals surface area contributed by atoms with Gasteiger partial charge in [0, 0.05) is 5.56 Å². The molecule has 0 saturated heterocycles. The number of hydrogen-bond acceptors (Lipinski definition) is 3. The molecule has 1 aromatic heterocycles. The molecule has 2 aromatic carbocycles. The van der Waals surface area contributed by atoms with Crippen molar-refractivity contribution in [3.05, 3.63) is 48.2 Å². The van der Waals surface area contributed by atoms with Crippen LogP contribution in [0.3, 0.4) is 0 Å². The second-order valence-corrected chi connectivity index (χ2v) is 4.05. The van der Waals surface area contributed by atoms with Gasteiger partial charge in [0.05, 0.1) is 0 Å². The van der Waals surface area contributed by atoms with Crippen molar-refractivity contribution >= 4 is 16.8 Å². The number of rotatable bonds is 1. The third-order valence-electron chi connectivity index (χ3n) is 2.92. The molecular weight excluding hydrogens is 212 g/mol. The molecule has 17 heavy (non-hydrogen) atoms. The summed E-state index contributed by atoms with van der Waals surface area (Å²) in [4.78, 5) is 4.20. The fourth-order valence-electron chi connectivity index (χ4n) is 2.12. The van der Waals surface area contributed by atoms with E-state index in [0.717, 1.165) is 16.8 Å². The summed E-state index contributed by atoms with van der Waals surface area (Å²) in [5.74, 6) is 0. The van der Waals surface area contributed by atoms with Gasteiger partial charge in [-0.05, 0) is 23.3 Å². The quantitative estimate of drug-likeness (QED) is 0.689. The minimum atomic E-state index is 0.201. The van der Waals surface area contributed by atoms with Gasteiger partial charge in [-0.3, -0.25) is 0 Å². The highest BCUT2D eigenvalue weighted by Crippen LogP contribution is 2.31.